The van der Waals surface area contributed by atoms with Crippen LogP contribution < -0.4 is 0 Å². The molecular formula is C13H13BrOS2. The lowest BCUT2D eigenvalue weighted by molar-refractivity contribution is 0.176. The predicted molar refractivity (Wildman–Crippen MR) is 78.9 cm³/mol. The highest BCUT2D eigenvalue weighted by Crippen LogP contribution is 2.31. The molecule has 0 bridgehead atoms. The van der Waals surface area contributed by atoms with Crippen LogP contribution in [0.4, 0.5) is 0 Å². The van der Waals surface area contributed by atoms with Crippen LogP contribution in [0.1, 0.15) is 16.5 Å². The highest BCUT2D eigenvalue weighted by molar-refractivity contribution is 9.10. The van der Waals surface area contributed by atoms with Gasteiger partial charge >= 0.3 is 0 Å². The highest BCUT2D eigenvalue weighted by Gasteiger charge is 2.14. The summed E-state index contributed by atoms with van der Waals surface area (Å²) in [5.41, 5.74) is 1.01. The summed E-state index contributed by atoms with van der Waals surface area (Å²) in [5.74, 6) is 0. The van der Waals surface area contributed by atoms with Gasteiger partial charge in [-0.3, -0.25) is 0 Å². The molecule has 0 aliphatic carbocycles. The number of thioether (sulfide) groups is 1. The lowest BCUT2D eigenvalue weighted by atomic mass is 10.1. The van der Waals surface area contributed by atoms with Crippen molar-refractivity contribution in [1.82, 2.24) is 0 Å². The maximum Gasteiger partial charge on any atom is 0.0849 e. The van der Waals surface area contributed by atoms with Gasteiger partial charge in [-0.25, -0.2) is 0 Å². The van der Waals surface area contributed by atoms with Crippen LogP contribution in [0.5, 0.6) is 0 Å². The van der Waals surface area contributed by atoms with Crippen LogP contribution in [0.2, 0.25) is 0 Å². The van der Waals surface area contributed by atoms with Crippen molar-refractivity contribution in [2.75, 3.05) is 6.26 Å². The average molecular weight is 329 g/mol. The van der Waals surface area contributed by atoms with Crippen LogP contribution in [0.15, 0.2) is 45.1 Å². The van der Waals surface area contributed by atoms with Crippen molar-refractivity contribution in [3.8, 4) is 0 Å². The smallest absolute Gasteiger partial charge is 0.0849 e. The van der Waals surface area contributed by atoms with E-state index >= 15 is 0 Å². The Morgan fingerprint density at radius 3 is 2.76 bits per heavy atom. The molecule has 17 heavy (non-hydrogen) atoms. The normalized spacial score (nSPS) is 12.6. The SMILES string of the molecule is CSc1ccccc1C(O)Cc1sccc1Br. The molecule has 1 aromatic carbocycles. The van der Waals surface area contributed by atoms with E-state index in [-0.39, 0.29) is 0 Å². The van der Waals surface area contributed by atoms with Crippen molar-refractivity contribution in [3.05, 3.63) is 50.6 Å². The molecule has 1 unspecified atom stereocenters. The number of hydrogen-bond acceptors (Lipinski definition) is 3. The number of aliphatic hydroxyl groups excluding tert-OH is 1. The van der Waals surface area contributed by atoms with Gasteiger partial charge in [0.25, 0.3) is 0 Å². The first-order chi connectivity index (χ1) is 8.22. The quantitative estimate of drug-likeness (QED) is 0.833. The fourth-order valence-corrected chi connectivity index (χ4v) is 3.90. The summed E-state index contributed by atoms with van der Waals surface area (Å²) < 4.78 is 1.09. The molecule has 0 fully saturated rings. The molecule has 0 saturated carbocycles. The maximum atomic E-state index is 10.3. The van der Waals surface area contributed by atoms with Gasteiger partial charge in [-0.15, -0.1) is 23.1 Å². The molecule has 90 valence electrons. The molecule has 1 atom stereocenters. The highest BCUT2D eigenvalue weighted by atomic mass is 79.9. The fourth-order valence-electron chi connectivity index (χ4n) is 1.70. The first-order valence-corrected chi connectivity index (χ1v) is 8.15. The lowest BCUT2D eigenvalue weighted by Gasteiger charge is -2.13. The minimum Gasteiger partial charge on any atom is -0.388 e. The van der Waals surface area contributed by atoms with Crippen LogP contribution in [-0.2, 0) is 6.42 Å². The molecule has 0 amide bonds. The Kier molecular flexibility index (Phi) is 4.68. The number of aliphatic hydroxyl groups is 1. The number of thiophene rings is 1. The standard InChI is InChI=1S/C13H13BrOS2/c1-16-12-5-3-2-4-9(12)11(15)8-13-10(14)6-7-17-13/h2-7,11,15H,8H2,1H3. The van der Waals surface area contributed by atoms with E-state index in [4.69, 9.17) is 0 Å². The molecule has 0 saturated heterocycles. The van der Waals surface area contributed by atoms with Crippen molar-refractivity contribution in [3.63, 3.8) is 0 Å². The van der Waals surface area contributed by atoms with E-state index in [0.717, 1.165) is 14.9 Å². The number of rotatable bonds is 4. The van der Waals surface area contributed by atoms with Gasteiger partial charge in [-0.2, -0.15) is 0 Å². The van der Waals surface area contributed by atoms with E-state index in [1.165, 1.54) is 4.88 Å². The monoisotopic (exact) mass is 328 g/mol. The Morgan fingerprint density at radius 2 is 2.12 bits per heavy atom. The van der Waals surface area contributed by atoms with E-state index < -0.39 is 6.10 Å². The second-order valence-corrected chi connectivity index (χ2v) is 6.36. The van der Waals surface area contributed by atoms with Crippen LogP contribution in [0.3, 0.4) is 0 Å². The molecule has 0 aliphatic heterocycles. The summed E-state index contributed by atoms with van der Waals surface area (Å²) >= 11 is 6.84. The summed E-state index contributed by atoms with van der Waals surface area (Å²) in [5, 5.41) is 12.3. The van der Waals surface area contributed by atoms with Crippen molar-refractivity contribution in [1.29, 1.82) is 0 Å². The van der Waals surface area contributed by atoms with Crippen molar-refractivity contribution >= 4 is 39.0 Å². The summed E-state index contributed by atoms with van der Waals surface area (Å²) in [6.45, 7) is 0. The van der Waals surface area contributed by atoms with Gasteiger partial charge in [0.15, 0.2) is 0 Å². The zero-order valence-electron chi connectivity index (χ0n) is 9.39. The van der Waals surface area contributed by atoms with Gasteiger partial charge in [-0.1, -0.05) is 18.2 Å². The molecule has 1 aromatic heterocycles. The fraction of sp³-hybridized carbons (Fsp3) is 0.231. The third-order valence-electron chi connectivity index (χ3n) is 2.57. The minimum atomic E-state index is -0.436. The third kappa shape index (κ3) is 3.13. The zero-order chi connectivity index (χ0) is 12.3. The Hall–Kier alpha value is -0.290. The molecule has 1 N–H and O–H groups in total. The van der Waals surface area contributed by atoms with Gasteiger partial charge in [0.1, 0.15) is 0 Å². The van der Waals surface area contributed by atoms with E-state index in [1.54, 1.807) is 23.1 Å². The maximum absolute atomic E-state index is 10.3. The molecule has 1 heterocycles. The third-order valence-corrected chi connectivity index (χ3v) is 5.33. The van der Waals surface area contributed by atoms with Crippen molar-refractivity contribution < 1.29 is 5.11 Å². The molecule has 2 aromatic rings. The Bertz CT molecular complexity index is 496. The van der Waals surface area contributed by atoms with E-state index in [2.05, 4.69) is 15.9 Å². The van der Waals surface area contributed by atoms with Crippen LogP contribution in [0.25, 0.3) is 0 Å². The molecule has 0 aliphatic rings. The van der Waals surface area contributed by atoms with Crippen LogP contribution in [-0.4, -0.2) is 11.4 Å². The van der Waals surface area contributed by atoms with Gasteiger partial charge in [-0.05, 0) is 45.3 Å². The predicted octanol–water partition coefficient (Wildman–Crippen LogP) is 4.51. The zero-order valence-corrected chi connectivity index (χ0v) is 12.6. The second kappa shape index (κ2) is 6.05. The van der Waals surface area contributed by atoms with E-state index in [1.807, 2.05) is 42.0 Å². The first-order valence-electron chi connectivity index (χ1n) is 5.25. The summed E-state index contributed by atoms with van der Waals surface area (Å²) in [6.07, 6.45) is 2.26. The number of benzene rings is 1. The van der Waals surface area contributed by atoms with Gasteiger partial charge in [0.2, 0.25) is 0 Å². The van der Waals surface area contributed by atoms with Crippen molar-refractivity contribution in [2.45, 2.75) is 17.4 Å². The Balaban J connectivity index is 2.20. The van der Waals surface area contributed by atoms with Gasteiger partial charge in [0.05, 0.1) is 6.10 Å². The van der Waals surface area contributed by atoms with Gasteiger partial charge < -0.3 is 5.11 Å². The molecule has 0 radical (unpaired) electrons. The van der Waals surface area contributed by atoms with E-state index in [0.29, 0.717) is 6.42 Å². The summed E-state index contributed by atoms with van der Waals surface area (Å²) in [7, 11) is 0. The summed E-state index contributed by atoms with van der Waals surface area (Å²) in [6, 6.07) is 10.0. The van der Waals surface area contributed by atoms with Crippen LogP contribution in [0, 0.1) is 0 Å². The molecular weight excluding hydrogens is 316 g/mol. The van der Waals surface area contributed by atoms with Crippen LogP contribution >= 0.6 is 39.0 Å². The molecule has 2 rings (SSSR count). The minimum absolute atomic E-state index is 0.436. The Labute approximate surface area is 118 Å². The van der Waals surface area contributed by atoms with Crippen molar-refractivity contribution in [2.24, 2.45) is 0 Å². The topological polar surface area (TPSA) is 20.2 Å². The molecule has 0 spiro atoms. The van der Waals surface area contributed by atoms with Gasteiger partial charge in [0, 0.05) is 20.7 Å². The largest absolute Gasteiger partial charge is 0.388 e. The Morgan fingerprint density at radius 1 is 1.35 bits per heavy atom. The first kappa shape index (κ1) is 13.1. The molecule has 1 nitrogen and oxygen atoms in total. The number of halogens is 1. The molecule has 4 heteroatoms. The second-order valence-electron chi connectivity index (χ2n) is 3.65. The summed E-state index contributed by atoms with van der Waals surface area (Å²) in [4.78, 5) is 2.33. The number of hydrogen-bond donors (Lipinski definition) is 1. The van der Waals surface area contributed by atoms with E-state index in [9.17, 15) is 5.11 Å². The lowest BCUT2D eigenvalue weighted by Crippen LogP contribution is -2.02. The average Bonchev–Trinajstić information content (AvgIpc) is 2.75.